The molecular weight excluding hydrogens is 138 g/mol. The summed E-state index contributed by atoms with van der Waals surface area (Å²) in [5, 5.41) is 2.62. The van der Waals surface area contributed by atoms with Gasteiger partial charge in [-0.25, -0.2) is 0 Å². The van der Waals surface area contributed by atoms with Crippen LogP contribution in [0.4, 0.5) is 0 Å². The Hall–Kier alpha value is -1.31. The van der Waals surface area contributed by atoms with Gasteiger partial charge in [0.2, 0.25) is 5.91 Å². The van der Waals surface area contributed by atoms with Crippen molar-refractivity contribution < 1.29 is 4.79 Å². The summed E-state index contributed by atoms with van der Waals surface area (Å²) >= 11 is 0. The lowest BCUT2D eigenvalue weighted by Crippen LogP contribution is -2.12. The first-order chi connectivity index (χ1) is 5.24. The summed E-state index contributed by atoms with van der Waals surface area (Å²) in [6.45, 7) is 5.66. The highest BCUT2D eigenvalue weighted by Crippen LogP contribution is 2.15. The largest absolute Gasteiger partial charge is 0.323 e. The predicted molar refractivity (Wildman–Crippen MR) is 44.8 cm³/mol. The molecule has 0 radical (unpaired) electrons. The van der Waals surface area contributed by atoms with Crippen LogP contribution in [0.5, 0.6) is 0 Å². The summed E-state index contributed by atoms with van der Waals surface area (Å²) in [5.74, 6) is -0.0606. The van der Waals surface area contributed by atoms with Crippen molar-refractivity contribution in [3.8, 4) is 0 Å². The maximum Gasteiger partial charge on any atom is 0.248 e. The van der Waals surface area contributed by atoms with E-state index in [1.165, 1.54) is 0 Å². The molecule has 0 aromatic carbocycles. The minimum absolute atomic E-state index is 0.0606. The molecule has 1 heterocycles. The van der Waals surface area contributed by atoms with Gasteiger partial charge in [-0.15, -0.1) is 0 Å². The molecule has 0 saturated heterocycles. The van der Waals surface area contributed by atoms with E-state index in [9.17, 15) is 4.79 Å². The Balaban J connectivity index is 2.64. The molecule has 1 aliphatic heterocycles. The van der Waals surface area contributed by atoms with Crippen molar-refractivity contribution in [2.24, 2.45) is 0 Å². The van der Waals surface area contributed by atoms with Gasteiger partial charge in [-0.3, -0.25) is 4.79 Å². The predicted octanol–water partition coefficient (Wildman–Crippen LogP) is 1.52. The van der Waals surface area contributed by atoms with Crippen molar-refractivity contribution in [3.63, 3.8) is 0 Å². The topological polar surface area (TPSA) is 29.1 Å². The fourth-order valence-corrected chi connectivity index (χ4v) is 0.937. The van der Waals surface area contributed by atoms with Crippen LogP contribution < -0.4 is 5.32 Å². The van der Waals surface area contributed by atoms with Crippen LogP contribution in [0, 0.1) is 0 Å². The summed E-state index contributed by atoms with van der Waals surface area (Å²) in [5.41, 5.74) is 1.71. The van der Waals surface area contributed by atoms with Gasteiger partial charge in [-0.2, -0.15) is 0 Å². The molecule has 58 valence electrons. The number of nitrogens with one attached hydrogen (secondary N) is 1. The van der Waals surface area contributed by atoms with Crippen LogP contribution in [0.1, 0.15) is 13.3 Å². The van der Waals surface area contributed by atoms with Crippen LogP contribution in [0.15, 0.2) is 36.1 Å². The highest BCUT2D eigenvalue weighted by Gasteiger charge is 2.12. The lowest BCUT2D eigenvalue weighted by Gasteiger charge is -1.97. The summed E-state index contributed by atoms with van der Waals surface area (Å²) in [6.07, 6.45) is 6.32. The minimum atomic E-state index is -0.0606. The van der Waals surface area contributed by atoms with Gasteiger partial charge >= 0.3 is 0 Å². The summed E-state index contributed by atoms with van der Waals surface area (Å²) in [7, 11) is 0. The Morgan fingerprint density at radius 2 is 2.45 bits per heavy atom. The second kappa shape index (κ2) is 3.19. The van der Waals surface area contributed by atoms with E-state index in [2.05, 4.69) is 11.9 Å². The molecule has 1 amide bonds. The quantitative estimate of drug-likeness (QED) is 0.592. The van der Waals surface area contributed by atoms with Crippen molar-refractivity contribution in [1.82, 2.24) is 5.32 Å². The third-order valence-corrected chi connectivity index (χ3v) is 1.54. The van der Waals surface area contributed by atoms with E-state index in [0.29, 0.717) is 0 Å². The Bertz CT molecular complexity index is 248. The van der Waals surface area contributed by atoms with Crippen LogP contribution in [-0.2, 0) is 4.79 Å². The standard InChI is InChI=1S/C9H11NO/c1-3-4-5-8-6-9(11)10-7(8)2/h3-4,6H,2,5H2,1H3,(H,10,11)/b4-3+. The van der Waals surface area contributed by atoms with E-state index in [-0.39, 0.29) is 5.91 Å². The monoisotopic (exact) mass is 149 g/mol. The van der Waals surface area contributed by atoms with Crippen molar-refractivity contribution >= 4 is 5.91 Å². The molecule has 0 aliphatic carbocycles. The van der Waals surface area contributed by atoms with E-state index in [1.807, 2.05) is 19.1 Å². The van der Waals surface area contributed by atoms with Gasteiger partial charge < -0.3 is 5.32 Å². The molecule has 0 bridgehead atoms. The van der Waals surface area contributed by atoms with E-state index >= 15 is 0 Å². The highest BCUT2D eigenvalue weighted by molar-refractivity contribution is 5.94. The number of carbonyl (C=O) groups excluding carboxylic acids is 1. The number of hydrogen-bond donors (Lipinski definition) is 1. The van der Waals surface area contributed by atoms with E-state index in [1.54, 1.807) is 6.08 Å². The Labute approximate surface area is 66.3 Å². The van der Waals surface area contributed by atoms with E-state index in [0.717, 1.165) is 17.7 Å². The fraction of sp³-hybridized carbons (Fsp3) is 0.222. The zero-order valence-electron chi connectivity index (χ0n) is 6.55. The molecular formula is C9H11NO. The molecule has 0 atom stereocenters. The number of carbonyl (C=O) groups is 1. The molecule has 1 aliphatic rings. The molecule has 0 spiro atoms. The third kappa shape index (κ3) is 1.80. The zero-order valence-corrected chi connectivity index (χ0v) is 6.55. The summed E-state index contributed by atoms with van der Waals surface area (Å²) in [6, 6.07) is 0. The number of allylic oxidation sites excluding steroid dienone is 3. The molecule has 11 heavy (non-hydrogen) atoms. The molecule has 0 aromatic rings. The molecule has 0 aromatic heterocycles. The van der Waals surface area contributed by atoms with Crippen molar-refractivity contribution in [1.29, 1.82) is 0 Å². The van der Waals surface area contributed by atoms with Crippen LogP contribution >= 0.6 is 0 Å². The number of hydrogen-bond acceptors (Lipinski definition) is 1. The normalized spacial score (nSPS) is 17.4. The van der Waals surface area contributed by atoms with Gasteiger partial charge in [0, 0.05) is 11.8 Å². The number of amides is 1. The SMILES string of the molecule is C=C1NC(=O)C=C1C/C=C/C. The molecule has 1 rings (SSSR count). The Kier molecular flexibility index (Phi) is 2.26. The van der Waals surface area contributed by atoms with Crippen molar-refractivity contribution in [2.45, 2.75) is 13.3 Å². The third-order valence-electron chi connectivity index (χ3n) is 1.54. The molecule has 2 heteroatoms. The Morgan fingerprint density at radius 1 is 1.73 bits per heavy atom. The van der Waals surface area contributed by atoms with Gasteiger partial charge in [0.05, 0.1) is 0 Å². The minimum Gasteiger partial charge on any atom is -0.323 e. The van der Waals surface area contributed by atoms with Crippen LogP contribution in [-0.4, -0.2) is 5.91 Å². The fourth-order valence-electron chi connectivity index (χ4n) is 0.937. The van der Waals surface area contributed by atoms with Crippen LogP contribution in [0.2, 0.25) is 0 Å². The molecule has 0 saturated carbocycles. The average molecular weight is 149 g/mol. The average Bonchev–Trinajstić information content (AvgIpc) is 2.26. The van der Waals surface area contributed by atoms with Gasteiger partial charge in [-0.1, -0.05) is 18.7 Å². The maximum absolute atomic E-state index is 10.8. The van der Waals surface area contributed by atoms with Crippen molar-refractivity contribution in [3.05, 3.63) is 36.1 Å². The maximum atomic E-state index is 10.8. The molecule has 2 nitrogen and oxygen atoms in total. The van der Waals surface area contributed by atoms with E-state index in [4.69, 9.17) is 0 Å². The lowest BCUT2D eigenvalue weighted by atomic mass is 10.1. The smallest absolute Gasteiger partial charge is 0.248 e. The molecule has 1 N–H and O–H groups in total. The van der Waals surface area contributed by atoms with Gasteiger partial charge in [0.1, 0.15) is 0 Å². The van der Waals surface area contributed by atoms with E-state index < -0.39 is 0 Å². The Morgan fingerprint density at radius 3 is 2.91 bits per heavy atom. The second-order valence-corrected chi connectivity index (χ2v) is 2.41. The highest BCUT2D eigenvalue weighted by atomic mass is 16.1. The first kappa shape index (κ1) is 7.79. The summed E-state index contributed by atoms with van der Waals surface area (Å²) in [4.78, 5) is 10.8. The number of rotatable bonds is 2. The second-order valence-electron chi connectivity index (χ2n) is 2.41. The van der Waals surface area contributed by atoms with Crippen molar-refractivity contribution in [2.75, 3.05) is 0 Å². The van der Waals surface area contributed by atoms with Gasteiger partial charge in [0.15, 0.2) is 0 Å². The van der Waals surface area contributed by atoms with Gasteiger partial charge in [-0.05, 0) is 18.9 Å². The zero-order chi connectivity index (χ0) is 8.27. The van der Waals surface area contributed by atoms with Crippen LogP contribution in [0.3, 0.4) is 0 Å². The molecule has 0 unspecified atom stereocenters. The van der Waals surface area contributed by atoms with Gasteiger partial charge in [0.25, 0.3) is 0 Å². The molecule has 0 fully saturated rings. The van der Waals surface area contributed by atoms with Crippen LogP contribution in [0.25, 0.3) is 0 Å². The first-order valence-electron chi connectivity index (χ1n) is 3.56. The summed E-state index contributed by atoms with van der Waals surface area (Å²) < 4.78 is 0. The lowest BCUT2D eigenvalue weighted by molar-refractivity contribution is -0.115. The first-order valence-corrected chi connectivity index (χ1v) is 3.56.